The van der Waals surface area contributed by atoms with Crippen molar-refractivity contribution in [2.24, 2.45) is 9.98 Å². The van der Waals surface area contributed by atoms with E-state index < -0.39 is 12.3 Å². The van der Waals surface area contributed by atoms with Gasteiger partial charge < -0.3 is 15.1 Å². The quantitative estimate of drug-likeness (QED) is 0.857. The molecule has 7 nitrogen and oxygen atoms in total. The Morgan fingerprint density at radius 3 is 2.50 bits per heavy atom. The molecule has 3 rings (SSSR count). The molecule has 2 N–H and O–H groups in total. The molecule has 0 radical (unpaired) electrons. The van der Waals surface area contributed by atoms with Crippen LogP contribution in [0.3, 0.4) is 0 Å². The van der Waals surface area contributed by atoms with Gasteiger partial charge in [-0.3, -0.25) is 14.7 Å². The molecule has 1 atom stereocenters. The lowest BCUT2D eigenvalue weighted by Crippen LogP contribution is -2.59. The van der Waals surface area contributed by atoms with Gasteiger partial charge in [0.15, 0.2) is 17.4 Å². The summed E-state index contributed by atoms with van der Waals surface area (Å²) in [6.45, 7) is 5.84. The van der Waals surface area contributed by atoms with Crippen LogP contribution in [0, 0.1) is 5.82 Å². The lowest BCUT2D eigenvalue weighted by Gasteiger charge is -2.41. The van der Waals surface area contributed by atoms with Crippen molar-refractivity contribution in [2.45, 2.75) is 39.7 Å². The zero-order valence-electron chi connectivity index (χ0n) is 14.8. The van der Waals surface area contributed by atoms with Crippen LogP contribution >= 0.6 is 0 Å². The van der Waals surface area contributed by atoms with Crippen molar-refractivity contribution in [2.75, 3.05) is 6.54 Å². The molecule has 2 heterocycles. The van der Waals surface area contributed by atoms with Gasteiger partial charge in [0, 0.05) is 19.1 Å². The number of aliphatic imine (C=N–C) groups is 2. The highest BCUT2D eigenvalue weighted by atomic mass is 19.1. The normalized spacial score (nSPS) is 21.8. The molecule has 1 aromatic rings. The number of amides is 1. The molecule has 1 aromatic carbocycles. The summed E-state index contributed by atoms with van der Waals surface area (Å²) in [7, 11) is 0. The van der Waals surface area contributed by atoms with Crippen molar-refractivity contribution in [1.29, 1.82) is 0 Å². The molecule has 0 aliphatic carbocycles. The summed E-state index contributed by atoms with van der Waals surface area (Å²) in [5.74, 6) is -0.893. The fourth-order valence-electron chi connectivity index (χ4n) is 2.94. The molecule has 26 heavy (non-hydrogen) atoms. The van der Waals surface area contributed by atoms with E-state index in [0.29, 0.717) is 0 Å². The van der Waals surface area contributed by atoms with E-state index in [0.717, 1.165) is 5.56 Å². The Labute approximate surface area is 150 Å². The van der Waals surface area contributed by atoms with Crippen molar-refractivity contribution in [3.05, 3.63) is 47.0 Å². The van der Waals surface area contributed by atoms with Gasteiger partial charge in [0.05, 0.1) is 0 Å². The summed E-state index contributed by atoms with van der Waals surface area (Å²) < 4.78 is 13.2. The molecule has 8 heteroatoms. The van der Waals surface area contributed by atoms with E-state index in [-0.39, 0.29) is 48.0 Å². The third-order valence-corrected chi connectivity index (χ3v) is 4.18. The zero-order chi connectivity index (χ0) is 19.0. The maximum atomic E-state index is 13.2. The van der Waals surface area contributed by atoms with Crippen LogP contribution in [0.1, 0.15) is 26.3 Å². The van der Waals surface area contributed by atoms with Crippen LogP contribution < -0.4 is 0 Å². The lowest BCUT2D eigenvalue weighted by atomic mass is 10.1. The average Bonchev–Trinajstić information content (AvgIpc) is 2.90. The molecule has 1 saturated heterocycles. The number of hydrogen-bond donors (Lipinski definition) is 2. The first-order valence-electron chi connectivity index (χ1n) is 8.44. The molecule has 0 bridgehead atoms. The highest BCUT2D eigenvalue weighted by molar-refractivity contribution is 6.32. The average molecular weight is 360 g/mol. The van der Waals surface area contributed by atoms with Gasteiger partial charge in [0.1, 0.15) is 11.4 Å². The van der Waals surface area contributed by atoms with E-state index in [1.807, 2.05) is 13.8 Å². The first kappa shape index (κ1) is 18.1. The summed E-state index contributed by atoms with van der Waals surface area (Å²) in [4.78, 5) is 23.9. The van der Waals surface area contributed by atoms with Crippen LogP contribution in [-0.4, -0.2) is 56.5 Å². The minimum Gasteiger partial charge on any atom is -0.504 e. The second-order valence-corrected chi connectivity index (χ2v) is 6.40. The van der Waals surface area contributed by atoms with Crippen molar-refractivity contribution in [1.82, 2.24) is 9.80 Å². The van der Waals surface area contributed by atoms with Crippen LogP contribution in [-0.2, 0) is 11.3 Å². The molecule has 1 amide bonds. The maximum absolute atomic E-state index is 13.2. The molecule has 1 fully saturated rings. The second-order valence-electron chi connectivity index (χ2n) is 6.40. The van der Waals surface area contributed by atoms with Gasteiger partial charge in [-0.05, 0) is 38.5 Å². The number of rotatable bonds is 4. The number of halogens is 1. The molecule has 138 valence electrons. The van der Waals surface area contributed by atoms with Gasteiger partial charge >= 0.3 is 0 Å². The van der Waals surface area contributed by atoms with Crippen molar-refractivity contribution in [3.8, 4) is 0 Å². The monoisotopic (exact) mass is 360 g/mol. The fourth-order valence-corrected chi connectivity index (χ4v) is 2.94. The van der Waals surface area contributed by atoms with E-state index in [9.17, 15) is 19.4 Å². The number of carbonyl (C=O) groups excluding carboxylic acids is 1. The molecule has 2 aliphatic rings. The highest BCUT2D eigenvalue weighted by Gasteiger charge is 2.45. The van der Waals surface area contributed by atoms with Crippen LogP contribution in [0.5, 0.6) is 0 Å². The molecular weight excluding hydrogens is 339 g/mol. The summed E-state index contributed by atoms with van der Waals surface area (Å²) in [5, 5.41) is 21.1. The Hall–Kier alpha value is -2.74. The van der Waals surface area contributed by atoms with Crippen LogP contribution in [0.2, 0.25) is 0 Å². The summed E-state index contributed by atoms with van der Waals surface area (Å²) in [5.41, 5.74) is 0.755. The zero-order valence-corrected chi connectivity index (χ0v) is 14.8. The number of carbonyl (C=O) groups is 1. The van der Waals surface area contributed by atoms with Crippen LogP contribution in [0.25, 0.3) is 0 Å². The van der Waals surface area contributed by atoms with Gasteiger partial charge in [-0.15, -0.1) is 0 Å². The summed E-state index contributed by atoms with van der Waals surface area (Å²) in [6.07, 6.45) is -1.24. The topological polar surface area (TPSA) is 88.7 Å². The van der Waals surface area contributed by atoms with Crippen molar-refractivity contribution < 1.29 is 19.4 Å². The molecule has 0 saturated carbocycles. The predicted octanol–water partition coefficient (Wildman–Crippen LogP) is 1.80. The Kier molecular flexibility index (Phi) is 4.78. The van der Waals surface area contributed by atoms with E-state index in [1.54, 1.807) is 19.1 Å². The van der Waals surface area contributed by atoms with Crippen LogP contribution in [0.4, 0.5) is 4.39 Å². The highest BCUT2D eigenvalue weighted by Crippen LogP contribution is 2.29. The SMILES string of the molecule is CCN1C(=O)C2=C(O)C(=NC(C)C)N=C2N(Cc2ccc(F)cc2)C1O. The number of nitrogens with zero attached hydrogens (tertiary/aromatic N) is 4. The standard InChI is InChI=1S/C18H21FN4O3/c1-4-22-17(25)13-14(24)15(20-10(2)3)21-16(13)23(18(22)26)9-11-5-7-12(19)8-6-11/h5-8,10,18,26H,4,9H2,1-3H3,(H,20,21,24). The number of fused-ring (bicyclic) bond motifs is 1. The third kappa shape index (κ3) is 3.08. The van der Waals surface area contributed by atoms with Gasteiger partial charge in [-0.2, -0.15) is 0 Å². The van der Waals surface area contributed by atoms with Crippen molar-refractivity contribution >= 4 is 17.6 Å². The number of aliphatic hydroxyl groups excluding tert-OH is 2. The Balaban J connectivity index is 2.05. The number of likely N-dealkylation sites (N-methyl/N-ethyl adjacent to an activating group) is 1. The number of benzene rings is 1. The largest absolute Gasteiger partial charge is 0.504 e. The first-order valence-corrected chi connectivity index (χ1v) is 8.44. The maximum Gasteiger partial charge on any atom is 0.265 e. The number of hydrogen-bond acceptors (Lipinski definition) is 5. The van der Waals surface area contributed by atoms with Gasteiger partial charge in [0.25, 0.3) is 5.91 Å². The second kappa shape index (κ2) is 6.87. The molecular formula is C18H21FN4O3. The fraction of sp³-hybridized carbons (Fsp3) is 0.389. The molecule has 0 aromatic heterocycles. The van der Waals surface area contributed by atoms with E-state index >= 15 is 0 Å². The van der Waals surface area contributed by atoms with Gasteiger partial charge in [-0.25, -0.2) is 9.38 Å². The smallest absolute Gasteiger partial charge is 0.265 e. The Bertz CT molecular complexity index is 814. The van der Waals surface area contributed by atoms with Crippen molar-refractivity contribution in [3.63, 3.8) is 0 Å². The van der Waals surface area contributed by atoms with E-state index in [1.165, 1.54) is 21.9 Å². The molecule has 2 aliphatic heterocycles. The number of aliphatic hydroxyl groups is 2. The summed E-state index contributed by atoms with van der Waals surface area (Å²) >= 11 is 0. The van der Waals surface area contributed by atoms with E-state index in [4.69, 9.17) is 0 Å². The first-order chi connectivity index (χ1) is 12.3. The minimum absolute atomic E-state index is 0.0265. The Morgan fingerprint density at radius 1 is 1.27 bits per heavy atom. The number of amidine groups is 2. The van der Waals surface area contributed by atoms with Gasteiger partial charge in [-0.1, -0.05) is 12.1 Å². The minimum atomic E-state index is -1.24. The third-order valence-electron chi connectivity index (χ3n) is 4.18. The van der Waals surface area contributed by atoms with E-state index in [2.05, 4.69) is 9.98 Å². The van der Waals surface area contributed by atoms with Crippen LogP contribution in [0.15, 0.2) is 45.6 Å². The summed E-state index contributed by atoms with van der Waals surface area (Å²) in [6, 6.07) is 5.72. The Morgan fingerprint density at radius 2 is 1.92 bits per heavy atom. The molecule has 1 unspecified atom stereocenters. The lowest BCUT2D eigenvalue weighted by molar-refractivity contribution is -0.151. The predicted molar refractivity (Wildman–Crippen MR) is 95.0 cm³/mol. The molecule has 0 spiro atoms. The van der Waals surface area contributed by atoms with Gasteiger partial charge in [0.2, 0.25) is 6.35 Å².